The largest absolute Gasteiger partial charge is 0.468 e. The van der Waals surface area contributed by atoms with E-state index < -0.39 is 26.8 Å². The van der Waals surface area contributed by atoms with E-state index in [0.29, 0.717) is 0 Å². The first-order valence-electron chi connectivity index (χ1n) is 9.20. The van der Waals surface area contributed by atoms with Gasteiger partial charge in [-0.3, -0.25) is 4.79 Å². The molecule has 0 aliphatic rings. The summed E-state index contributed by atoms with van der Waals surface area (Å²) >= 11 is 0. The monoisotopic (exact) mass is 415 g/mol. The third-order valence-corrected chi connectivity index (χ3v) is 6.72. The predicted molar refractivity (Wildman–Crippen MR) is 108 cm³/mol. The molecule has 3 rings (SSSR count). The molecule has 0 aliphatic carbocycles. The summed E-state index contributed by atoms with van der Waals surface area (Å²) < 4.78 is 45.2. The molecular formula is C22H22FNO4S. The zero-order valence-electron chi connectivity index (χ0n) is 16.1. The van der Waals surface area contributed by atoms with Gasteiger partial charge in [0.1, 0.15) is 16.8 Å². The van der Waals surface area contributed by atoms with E-state index in [0.717, 1.165) is 11.6 Å². The average molecular weight is 415 g/mol. The van der Waals surface area contributed by atoms with Crippen molar-refractivity contribution in [2.75, 3.05) is 6.54 Å². The second-order valence-corrected chi connectivity index (χ2v) is 9.12. The summed E-state index contributed by atoms with van der Waals surface area (Å²) in [5, 5.41) is 1.46. The first-order chi connectivity index (χ1) is 13.8. The minimum Gasteiger partial charge on any atom is -0.468 e. The van der Waals surface area contributed by atoms with Gasteiger partial charge in [0, 0.05) is 12.1 Å². The third-order valence-electron chi connectivity index (χ3n) is 4.65. The van der Waals surface area contributed by atoms with Crippen LogP contribution in [0.1, 0.15) is 46.7 Å². The molecule has 0 saturated heterocycles. The molecule has 3 aromatic rings. The summed E-state index contributed by atoms with van der Waals surface area (Å²) in [5.41, 5.74) is 1.14. The number of hydrogen-bond acceptors (Lipinski definition) is 4. The van der Waals surface area contributed by atoms with Crippen molar-refractivity contribution in [2.24, 2.45) is 0 Å². The normalized spacial score (nSPS) is 12.7. The third kappa shape index (κ3) is 4.74. The van der Waals surface area contributed by atoms with Crippen LogP contribution in [0.3, 0.4) is 0 Å². The summed E-state index contributed by atoms with van der Waals surface area (Å²) in [4.78, 5) is 12.5. The van der Waals surface area contributed by atoms with E-state index in [1.165, 1.54) is 24.5 Å². The van der Waals surface area contributed by atoms with Crippen molar-refractivity contribution < 1.29 is 22.0 Å². The maximum absolute atomic E-state index is 13.4. The molecule has 0 fully saturated rings. The van der Waals surface area contributed by atoms with Crippen LogP contribution in [0, 0.1) is 5.82 Å². The number of halogens is 1. The second-order valence-electron chi connectivity index (χ2n) is 6.99. The van der Waals surface area contributed by atoms with E-state index >= 15 is 0 Å². The lowest BCUT2D eigenvalue weighted by atomic mass is 10.0. The van der Waals surface area contributed by atoms with Crippen LogP contribution in [0.4, 0.5) is 4.39 Å². The Kier molecular flexibility index (Phi) is 6.17. The Hall–Kier alpha value is -2.93. The first kappa shape index (κ1) is 20.8. The van der Waals surface area contributed by atoms with Crippen molar-refractivity contribution in [3.05, 3.63) is 89.6 Å². The molecule has 0 saturated carbocycles. The number of sulfone groups is 1. The number of benzene rings is 2. The standard InChI is InChI=1S/C22H22FNO4S/c1-15(2)16-8-10-19(11-9-16)29(26,27)21(20-7-4-12-28-20)14-24-22(25)17-5-3-6-18(23)13-17/h3-13,15,21H,14H2,1-2H3,(H,24,25)/t21-/m0/s1. The number of nitrogens with one attached hydrogen (secondary N) is 1. The molecule has 152 valence electrons. The molecule has 0 aliphatic heterocycles. The molecule has 1 amide bonds. The van der Waals surface area contributed by atoms with E-state index in [-0.39, 0.29) is 28.7 Å². The van der Waals surface area contributed by atoms with Gasteiger partial charge in [0.05, 0.1) is 11.2 Å². The SMILES string of the molecule is CC(C)c1ccc(S(=O)(=O)[C@@H](CNC(=O)c2cccc(F)c2)c2ccco2)cc1. The van der Waals surface area contributed by atoms with Gasteiger partial charge in [0.25, 0.3) is 5.91 Å². The number of furan rings is 1. The van der Waals surface area contributed by atoms with Crippen LogP contribution in [0.15, 0.2) is 76.2 Å². The Bertz CT molecular complexity index is 1070. The number of amides is 1. The maximum atomic E-state index is 13.4. The number of carbonyl (C=O) groups excluding carboxylic acids is 1. The smallest absolute Gasteiger partial charge is 0.251 e. The van der Waals surface area contributed by atoms with Gasteiger partial charge >= 0.3 is 0 Å². The molecular weight excluding hydrogens is 393 g/mol. The van der Waals surface area contributed by atoms with Crippen LogP contribution >= 0.6 is 0 Å². The lowest BCUT2D eigenvalue weighted by Crippen LogP contribution is -2.31. The van der Waals surface area contributed by atoms with Crippen LogP contribution in [-0.2, 0) is 9.84 Å². The molecule has 2 aromatic carbocycles. The number of carbonyl (C=O) groups is 1. The molecule has 0 radical (unpaired) electrons. The summed E-state index contributed by atoms with van der Waals surface area (Å²) in [5.74, 6) is -0.611. The van der Waals surface area contributed by atoms with Crippen LogP contribution < -0.4 is 5.32 Å². The lowest BCUT2D eigenvalue weighted by molar-refractivity contribution is 0.0952. The highest BCUT2D eigenvalue weighted by Gasteiger charge is 2.32. The van der Waals surface area contributed by atoms with Crippen LogP contribution in [0.25, 0.3) is 0 Å². The van der Waals surface area contributed by atoms with Gasteiger partial charge in [-0.15, -0.1) is 0 Å². The summed E-state index contributed by atoms with van der Waals surface area (Å²) in [6.45, 7) is 3.84. The second kappa shape index (κ2) is 8.61. The minimum absolute atomic E-state index is 0.113. The van der Waals surface area contributed by atoms with Crippen LogP contribution in [0.2, 0.25) is 0 Å². The molecule has 0 unspecified atom stereocenters. The van der Waals surface area contributed by atoms with E-state index in [1.807, 2.05) is 13.8 Å². The maximum Gasteiger partial charge on any atom is 0.251 e. The first-order valence-corrected chi connectivity index (χ1v) is 10.7. The Morgan fingerprint density at radius 2 is 1.79 bits per heavy atom. The topological polar surface area (TPSA) is 76.4 Å². The Balaban J connectivity index is 1.86. The van der Waals surface area contributed by atoms with Crippen molar-refractivity contribution in [1.82, 2.24) is 5.32 Å². The molecule has 1 atom stereocenters. The summed E-state index contributed by atoms with van der Waals surface area (Å²) in [6.07, 6.45) is 1.38. The van der Waals surface area contributed by atoms with Crippen molar-refractivity contribution >= 4 is 15.7 Å². The van der Waals surface area contributed by atoms with Gasteiger partial charge in [-0.1, -0.05) is 32.0 Å². The zero-order chi connectivity index (χ0) is 21.0. The highest BCUT2D eigenvalue weighted by molar-refractivity contribution is 7.91. The van der Waals surface area contributed by atoms with Crippen molar-refractivity contribution in [1.29, 1.82) is 0 Å². The highest BCUT2D eigenvalue weighted by Crippen LogP contribution is 2.30. The van der Waals surface area contributed by atoms with E-state index in [1.54, 1.807) is 36.4 Å². The number of rotatable bonds is 7. The average Bonchev–Trinajstić information content (AvgIpc) is 3.22. The van der Waals surface area contributed by atoms with Crippen LogP contribution in [-0.4, -0.2) is 20.9 Å². The molecule has 1 heterocycles. The molecule has 0 bridgehead atoms. The predicted octanol–water partition coefficient (Wildman–Crippen LogP) is 4.49. The summed E-state index contributed by atoms with van der Waals surface area (Å²) in [6, 6.07) is 15.0. The molecule has 1 N–H and O–H groups in total. The van der Waals surface area contributed by atoms with Gasteiger partial charge in [-0.2, -0.15) is 0 Å². The molecule has 1 aromatic heterocycles. The molecule has 29 heavy (non-hydrogen) atoms. The van der Waals surface area contributed by atoms with E-state index in [2.05, 4.69) is 5.32 Å². The highest BCUT2D eigenvalue weighted by atomic mass is 32.2. The Labute approximate surface area is 169 Å². The summed E-state index contributed by atoms with van der Waals surface area (Å²) in [7, 11) is -3.84. The molecule has 7 heteroatoms. The Morgan fingerprint density at radius 3 is 2.38 bits per heavy atom. The van der Waals surface area contributed by atoms with Gasteiger partial charge in [0.2, 0.25) is 0 Å². The fraction of sp³-hybridized carbons (Fsp3) is 0.227. The van der Waals surface area contributed by atoms with Crippen molar-refractivity contribution in [3.63, 3.8) is 0 Å². The van der Waals surface area contributed by atoms with Gasteiger partial charge in [-0.25, -0.2) is 12.8 Å². The van der Waals surface area contributed by atoms with Crippen molar-refractivity contribution in [2.45, 2.75) is 29.9 Å². The quantitative estimate of drug-likeness (QED) is 0.617. The Morgan fingerprint density at radius 1 is 1.07 bits per heavy atom. The van der Waals surface area contributed by atoms with Gasteiger partial charge < -0.3 is 9.73 Å². The minimum atomic E-state index is -3.84. The fourth-order valence-corrected chi connectivity index (χ4v) is 4.55. The lowest BCUT2D eigenvalue weighted by Gasteiger charge is -2.17. The zero-order valence-corrected chi connectivity index (χ0v) is 16.9. The van der Waals surface area contributed by atoms with Crippen molar-refractivity contribution in [3.8, 4) is 0 Å². The number of hydrogen-bond donors (Lipinski definition) is 1. The van der Waals surface area contributed by atoms with E-state index in [9.17, 15) is 17.6 Å². The van der Waals surface area contributed by atoms with Crippen LogP contribution in [0.5, 0.6) is 0 Å². The van der Waals surface area contributed by atoms with Gasteiger partial charge in [0.15, 0.2) is 9.84 Å². The molecule has 0 spiro atoms. The fourth-order valence-electron chi connectivity index (χ4n) is 2.96. The molecule has 5 nitrogen and oxygen atoms in total. The van der Waals surface area contributed by atoms with Gasteiger partial charge in [-0.05, 0) is 53.9 Å². The van der Waals surface area contributed by atoms with E-state index in [4.69, 9.17) is 4.42 Å².